The van der Waals surface area contributed by atoms with E-state index in [1.54, 1.807) is 0 Å². The first-order chi connectivity index (χ1) is 6.35. The minimum Gasteiger partial charge on any atom is -0.308 e. The molecule has 0 saturated carbocycles. The molecule has 1 aliphatic rings. The van der Waals surface area contributed by atoms with Gasteiger partial charge in [-0.1, -0.05) is 31.2 Å². The first kappa shape index (κ1) is 11.3. The van der Waals surface area contributed by atoms with Gasteiger partial charge in [0, 0.05) is 12.0 Å². The van der Waals surface area contributed by atoms with Crippen LogP contribution in [0.1, 0.15) is 20.8 Å². The molecule has 0 aromatic heterocycles. The molecule has 0 fully saturated rings. The van der Waals surface area contributed by atoms with E-state index in [1.165, 1.54) is 16.7 Å². The van der Waals surface area contributed by atoms with E-state index in [1.807, 2.05) is 0 Å². The van der Waals surface area contributed by atoms with Crippen LogP contribution < -0.4 is 0 Å². The van der Waals surface area contributed by atoms with Crippen LogP contribution in [-0.2, 0) is 0 Å². The fourth-order valence-electron chi connectivity index (χ4n) is 2.31. The van der Waals surface area contributed by atoms with E-state index in [0.29, 0.717) is 0 Å². The largest absolute Gasteiger partial charge is 0.308 e. The molecule has 0 radical (unpaired) electrons. The van der Waals surface area contributed by atoms with Gasteiger partial charge in [-0.25, -0.2) is 0 Å². The summed E-state index contributed by atoms with van der Waals surface area (Å²) in [7, 11) is 4.21. The van der Waals surface area contributed by atoms with Gasteiger partial charge in [-0.05, 0) is 39.1 Å². The van der Waals surface area contributed by atoms with Crippen LogP contribution in [0, 0.1) is 5.41 Å². The molecule has 1 heteroatoms. The summed E-state index contributed by atoms with van der Waals surface area (Å²) in [4.78, 5) is 2.22. The van der Waals surface area contributed by atoms with Crippen molar-refractivity contribution in [2.75, 3.05) is 20.6 Å². The van der Waals surface area contributed by atoms with E-state index in [-0.39, 0.29) is 5.41 Å². The maximum atomic E-state index is 4.20. The summed E-state index contributed by atoms with van der Waals surface area (Å²) in [6.45, 7) is 11.8. The number of allylic oxidation sites excluding steroid dienone is 3. The van der Waals surface area contributed by atoms with Gasteiger partial charge < -0.3 is 4.90 Å². The van der Waals surface area contributed by atoms with Crippen molar-refractivity contribution in [2.24, 2.45) is 5.41 Å². The van der Waals surface area contributed by atoms with Crippen molar-refractivity contribution in [1.29, 1.82) is 0 Å². The molecule has 0 amide bonds. The molecular weight excluding hydrogens is 170 g/mol. The van der Waals surface area contributed by atoms with E-state index in [9.17, 15) is 0 Å². The smallest absolute Gasteiger partial charge is 0.0233 e. The molecule has 0 heterocycles. The Morgan fingerprint density at radius 1 is 1.36 bits per heavy atom. The van der Waals surface area contributed by atoms with Crippen molar-refractivity contribution in [3.8, 4) is 0 Å². The highest BCUT2D eigenvalue weighted by molar-refractivity contribution is 5.46. The Morgan fingerprint density at radius 3 is 2.43 bits per heavy atom. The Balaban J connectivity index is 3.00. The summed E-state index contributed by atoms with van der Waals surface area (Å²) in [5.41, 5.74) is 4.01. The third-order valence-electron chi connectivity index (χ3n) is 2.80. The maximum Gasteiger partial charge on any atom is 0.0233 e. The monoisotopic (exact) mass is 191 g/mol. The molecule has 0 aromatic rings. The van der Waals surface area contributed by atoms with E-state index in [0.717, 1.165) is 6.54 Å². The predicted octanol–water partition coefficient (Wildman–Crippen LogP) is 3.02. The zero-order valence-electron chi connectivity index (χ0n) is 10.0. The lowest BCUT2D eigenvalue weighted by molar-refractivity contribution is 0.308. The number of hydrogen-bond acceptors (Lipinski definition) is 1. The fourth-order valence-corrected chi connectivity index (χ4v) is 2.31. The van der Waals surface area contributed by atoms with Crippen LogP contribution in [-0.4, -0.2) is 25.5 Å². The van der Waals surface area contributed by atoms with Gasteiger partial charge in [0.1, 0.15) is 0 Å². The molecule has 1 atom stereocenters. The van der Waals surface area contributed by atoms with Crippen molar-refractivity contribution in [2.45, 2.75) is 20.8 Å². The minimum absolute atomic E-state index is 0.104. The van der Waals surface area contributed by atoms with Crippen molar-refractivity contribution < 1.29 is 0 Å². The average molecular weight is 191 g/mol. The molecule has 0 spiro atoms. The van der Waals surface area contributed by atoms with Gasteiger partial charge in [-0.15, -0.1) is 0 Å². The summed E-state index contributed by atoms with van der Waals surface area (Å²) in [6, 6.07) is 0. The van der Waals surface area contributed by atoms with E-state index in [4.69, 9.17) is 0 Å². The third-order valence-corrected chi connectivity index (χ3v) is 2.80. The normalized spacial score (nSPS) is 27.7. The van der Waals surface area contributed by atoms with Crippen LogP contribution in [0.2, 0.25) is 0 Å². The van der Waals surface area contributed by atoms with Crippen molar-refractivity contribution in [3.63, 3.8) is 0 Å². The Bertz CT molecular complexity index is 307. The molecule has 0 aliphatic heterocycles. The molecule has 1 unspecified atom stereocenters. The maximum absolute atomic E-state index is 4.20. The zero-order valence-corrected chi connectivity index (χ0v) is 10.0. The topological polar surface area (TPSA) is 3.24 Å². The first-order valence-corrected chi connectivity index (χ1v) is 5.07. The molecule has 78 valence electrons. The lowest BCUT2D eigenvalue weighted by atomic mass is 9.74. The standard InChI is InChI=1S/C13H21N/c1-10-7-11(2)12(3)13(4,8-10)9-14(5)6/h7-8H,3,9H2,1-2,4-6H3. The Kier molecular flexibility index (Phi) is 3.01. The van der Waals surface area contributed by atoms with E-state index >= 15 is 0 Å². The van der Waals surface area contributed by atoms with Crippen LogP contribution >= 0.6 is 0 Å². The first-order valence-electron chi connectivity index (χ1n) is 5.07. The molecule has 0 bridgehead atoms. The number of rotatable bonds is 2. The summed E-state index contributed by atoms with van der Waals surface area (Å²) in [6.07, 6.45) is 4.53. The quantitative estimate of drug-likeness (QED) is 0.648. The predicted molar refractivity (Wildman–Crippen MR) is 63.3 cm³/mol. The zero-order chi connectivity index (χ0) is 10.9. The molecule has 0 saturated heterocycles. The van der Waals surface area contributed by atoms with Gasteiger partial charge in [0.05, 0.1) is 0 Å². The SMILES string of the molecule is C=C1C(C)=CC(C)=CC1(C)CN(C)C. The van der Waals surface area contributed by atoms with Crippen LogP contribution in [0.15, 0.2) is 35.5 Å². The Morgan fingerprint density at radius 2 is 1.93 bits per heavy atom. The second-order valence-electron chi connectivity index (χ2n) is 4.85. The molecule has 0 N–H and O–H groups in total. The lowest BCUT2D eigenvalue weighted by Gasteiger charge is -2.35. The number of nitrogens with zero attached hydrogens (tertiary/aromatic N) is 1. The molecule has 0 aromatic carbocycles. The Hall–Kier alpha value is -0.820. The highest BCUT2D eigenvalue weighted by Gasteiger charge is 2.29. The molecule has 1 rings (SSSR count). The summed E-state index contributed by atoms with van der Waals surface area (Å²) < 4.78 is 0. The van der Waals surface area contributed by atoms with Crippen LogP contribution in [0.5, 0.6) is 0 Å². The number of hydrogen-bond donors (Lipinski definition) is 0. The third kappa shape index (κ3) is 2.16. The van der Waals surface area contributed by atoms with Gasteiger partial charge in [-0.3, -0.25) is 0 Å². The highest BCUT2D eigenvalue weighted by Crippen LogP contribution is 2.37. The fraction of sp³-hybridized carbons (Fsp3) is 0.538. The minimum atomic E-state index is 0.104. The lowest BCUT2D eigenvalue weighted by Crippen LogP contribution is -2.32. The second kappa shape index (κ2) is 3.74. The van der Waals surface area contributed by atoms with Crippen molar-refractivity contribution in [3.05, 3.63) is 35.5 Å². The molecule has 1 nitrogen and oxygen atoms in total. The van der Waals surface area contributed by atoms with Crippen molar-refractivity contribution >= 4 is 0 Å². The van der Waals surface area contributed by atoms with Gasteiger partial charge >= 0.3 is 0 Å². The molecular formula is C13H21N. The average Bonchev–Trinajstić information content (AvgIpc) is 1.98. The molecule has 14 heavy (non-hydrogen) atoms. The van der Waals surface area contributed by atoms with E-state index < -0.39 is 0 Å². The van der Waals surface area contributed by atoms with Gasteiger partial charge in [0.25, 0.3) is 0 Å². The van der Waals surface area contributed by atoms with Gasteiger partial charge in [0.15, 0.2) is 0 Å². The van der Waals surface area contributed by atoms with Gasteiger partial charge in [0.2, 0.25) is 0 Å². The summed E-state index contributed by atoms with van der Waals surface area (Å²) >= 11 is 0. The highest BCUT2D eigenvalue weighted by atomic mass is 15.1. The van der Waals surface area contributed by atoms with Crippen LogP contribution in [0.3, 0.4) is 0 Å². The summed E-state index contributed by atoms with van der Waals surface area (Å²) in [5, 5.41) is 0. The van der Waals surface area contributed by atoms with Crippen LogP contribution in [0.25, 0.3) is 0 Å². The summed E-state index contributed by atoms with van der Waals surface area (Å²) in [5.74, 6) is 0. The van der Waals surface area contributed by atoms with Gasteiger partial charge in [-0.2, -0.15) is 0 Å². The van der Waals surface area contributed by atoms with Crippen LogP contribution in [0.4, 0.5) is 0 Å². The van der Waals surface area contributed by atoms with E-state index in [2.05, 4.69) is 58.5 Å². The molecule has 1 aliphatic carbocycles. The second-order valence-corrected chi connectivity index (χ2v) is 4.85. The Labute approximate surface area is 87.8 Å². The van der Waals surface area contributed by atoms with Crippen molar-refractivity contribution in [1.82, 2.24) is 4.90 Å².